The Balaban J connectivity index is 2.21. The lowest BCUT2D eigenvalue weighted by molar-refractivity contribution is 1.37. The third-order valence-electron chi connectivity index (χ3n) is 2.21. The predicted octanol–water partition coefficient (Wildman–Crippen LogP) is 4.35. The van der Waals surface area contributed by atoms with Gasteiger partial charge in [0.25, 0.3) is 0 Å². The standard InChI is InChI=1S/C13H12ClP/c14-15(13-10-6-3-7-11-13)12-8-4-1-2-5-9-12/h1-8,10-11H,9H2. The second kappa shape index (κ2) is 5.30. The first kappa shape index (κ1) is 10.7. The number of benzene rings is 1. The molecule has 2 rings (SSSR count). The first-order valence-corrected chi connectivity index (χ1v) is 7.16. The molecule has 1 aliphatic rings. The molecule has 0 N–H and O–H groups in total. The summed E-state index contributed by atoms with van der Waals surface area (Å²) in [7, 11) is -0.680. The van der Waals surface area contributed by atoms with E-state index < -0.39 is 7.27 Å². The van der Waals surface area contributed by atoms with Gasteiger partial charge in [0.15, 0.2) is 0 Å². The fourth-order valence-corrected chi connectivity index (χ4v) is 3.40. The highest BCUT2D eigenvalue weighted by Crippen LogP contribution is 2.50. The van der Waals surface area contributed by atoms with Crippen molar-refractivity contribution in [1.82, 2.24) is 0 Å². The number of hydrogen-bond acceptors (Lipinski definition) is 0. The van der Waals surface area contributed by atoms with E-state index in [2.05, 4.69) is 36.4 Å². The molecular formula is C13H12ClP. The van der Waals surface area contributed by atoms with Crippen molar-refractivity contribution in [2.75, 3.05) is 0 Å². The Bertz CT molecular complexity index is 404. The molecule has 0 saturated heterocycles. The van der Waals surface area contributed by atoms with Crippen molar-refractivity contribution in [2.24, 2.45) is 0 Å². The fourth-order valence-electron chi connectivity index (χ4n) is 1.44. The van der Waals surface area contributed by atoms with E-state index in [9.17, 15) is 0 Å². The molecule has 0 aliphatic heterocycles. The molecule has 1 unspecified atom stereocenters. The first-order valence-electron chi connectivity index (χ1n) is 4.91. The van der Waals surface area contributed by atoms with Gasteiger partial charge in [-0.15, -0.1) is 0 Å². The zero-order valence-corrected chi connectivity index (χ0v) is 9.96. The summed E-state index contributed by atoms with van der Waals surface area (Å²) in [6.07, 6.45) is 11.4. The van der Waals surface area contributed by atoms with Crippen LogP contribution in [-0.2, 0) is 0 Å². The van der Waals surface area contributed by atoms with Gasteiger partial charge in [-0.25, -0.2) is 0 Å². The SMILES string of the molecule is ClP(C1=CC=CC=CC1)c1ccccc1. The summed E-state index contributed by atoms with van der Waals surface area (Å²) in [6, 6.07) is 10.3. The molecule has 0 amide bonds. The summed E-state index contributed by atoms with van der Waals surface area (Å²) in [5.41, 5.74) is 0. The van der Waals surface area contributed by atoms with Gasteiger partial charge in [-0.05, 0) is 17.0 Å². The smallest absolute Gasteiger partial charge is 0.0486 e. The van der Waals surface area contributed by atoms with Gasteiger partial charge in [0.1, 0.15) is 0 Å². The predicted molar refractivity (Wildman–Crippen MR) is 69.8 cm³/mol. The summed E-state index contributed by atoms with van der Waals surface area (Å²) in [5.74, 6) is 0. The van der Waals surface area contributed by atoms with Crippen LogP contribution in [0.3, 0.4) is 0 Å². The van der Waals surface area contributed by atoms with Crippen LogP contribution in [-0.4, -0.2) is 0 Å². The van der Waals surface area contributed by atoms with Crippen LogP contribution in [0.15, 0.2) is 66.0 Å². The lowest BCUT2D eigenvalue weighted by Crippen LogP contribution is -1.96. The van der Waals surface area contributed by atoms with Gasteiger partial charge in [0.2, 0.25) is 0 Å². The second-order valence-electron chi connectivity index (χ2n) is 3.29. The van der Waals surface area contributed by atoms with Crippen molar-refractivity contribution < 1.29 is 0 Å². The highest BCUT2D eigenvalue weighted by atomic mass is 35.7. The average Bonchev–Trinajstić information content (AvgIpc) is 2.58. The Hall–Kier alpha value is -0.840. The molecule has 1 aliphatic carbocycles. The number of allylic oxidation sites excluding steroid dienone is 6. The lowest BCUT2D eigenvalue weighted by Gasteiger charge is -2.11. The Labute approximate surface area is 96.5 Å². The molecule has 1 atom stereocenters. The summed E-state index contributed by atoms with van der Waals surface area (Å²) in [5, 5.41) is 2.53. The quantitative estimate of drug-likeness (QED) is 0.668. The van der Waals surface area contributed by atoms with Crippen LogP contribution < -0.4 is 5.30 Å². The highest BCUT2D eigenvalue weighted by molar-refractivity contribution is 7.93. The molecule has 0 spiro atoms. The number of hydrogen-bond donors (Lipinski definition) is 0. The van der Waals surface area contributed by atoms with E-state index in [1.807, 2.05) is 24.3 Å². The summed E-state index contributed by atoms with van der Waals surface area (Å²) in [4.78, 5) is 0. The normalized spacial score (nSPS) is 17.0. The first-order chi connectivity index (χ1) is 7.38. The maximum Gasteiger partial charge on any atom is 0.0486 e. The second-order valence-corrected chi connectivity index (χ2v) is 5.96. The highest BCUT2D eigenvalue weighted by Gasteiger charge is 2.11. The van der Waals surface area contributed by atoms with E-state index in [1.165, 1.54) is 10.6 Å². The summed E-state index contributed by atoms with van der Waals surface area (Å²) >= 11 is 6.49. The van der Waals surface area contributed by atoms with Crippen LogP contribution in [0.25, 0.3) is 0 Å². The van der Waals surface area contributed by atoms with Gasteiger partial charge in [-0.3, -0.25) is 0 Å². The molecule has 76 valence electrons. The minimum absolute atomic E-state index is 0.680. The largest absolute Gasteiger partial charge is 0.0862 e. The van der Waals surface area contributed by atoms with Gasteiger partial charge in [-0.2, -0.15) is 0 Å². The Kier molecular flexibility index (Phi) is 3.77. The third kappa shape index (κ3) is 2.81. The minimum atomic E-state index is -0.680. The Morgan fingerprint density at radius 3 is 2.60 bits per heavy atom. The van der Waals surface area contributed by atoms with Crippen molar-refractivity contribution in [2.45, 2.75) is 6.42 Å². The molecule has 0 fully saturated rings. The van der Waals surface area contributed by atoms with Gasteiger partial charge < -0.3 is 0 Å². The van der Waals surface area contributed by atoms with Crippen LogP contribution in [0.1, 0.15) is 6.42 Å². The third-order valence-corrected chi connectivity index (χ3v) is 5.03. The van der Waals surface area contributed by atoms with Crippen LogP contribution in [0, 0.1) is 0 Å². The maximum absolute atomic E-state index is 6.49. The van der Waals surface area contributed by atoms with Crippen molar-refractivity contribution >= 4 is 23.8 Å². The zero-order valence-electron chi connectivity index (χ0n) is 8.31. The average molecular weight is 235 g/mol. The van der Waals surface area contributed by atoms with Gasteiger partial charge in [0, 0.05) is 7.27 Å². The topological polar surface area (TPSA) is 0 Å². The number of rotatable bonds is 2. The molecular weight excluding hydrogens is 223 g/mol. The van der Waals surface area contributed by atoms with Crippen molar-refractivity contribution in [3.8, 4) is 0 Å². The van der Waals surface area contributed by atoms with Crippen molar-refractivity contribution in [1.29, 1.82) is 0 Å². The molecule has 15 heavy (non-hydrogen) atoms. The monoisotopic (exact) mass is 234 g/mol. The Morgan fingerprint density at radius 2 is 1.80 bits per heavy atom. The van der Waals surface area contributed by atoms with E-state index in [1.54, 1.807) is 0 Å². The van der Waals surface area contributed by atoms with Crippen molar-refractivity contribution in [3.05, 3.63) is 66.0 Å². The van der Waals surface area contributed by atoms with E-state index in [0.29, 0.717) is 0 Å². The Morgan fingerprint density at radius 1 is 1.00 bits per heavy atom. The molecule has 0 aromatic heterocycles. The minimum Gasteiger partial charge on any atom is -0.0862 e. The van der Waals surface area contributed by atoms with E-state index >= 15 is 0 Å². The molecule has 0 nitrogen and oxygen atoms in total. The van der Waals surface area contributed by atoms with Gasteiger partial charge >= 0.3 is 0 Å². The summed E-state index contributed by atoms with van der Waals surface area (Å²) < 4.78 is 0. The van der Waals surface area contributed by atoms with Gasteiger partial charge in [-0.1, -0.05) is 72.0 Å². The van der Waals surface area contributed by atoms with E-state index in [-0.39, 0.29) is 0 Å². The van der Waals surface area contributed by atoms with Crippen LogP contribution >= 0.6 is 18.5 Å². The van der Waals surface area contributed by atoms with E-state index in [0.717, 1.165) is 6.42 Å². The zero-order chi connectivity index (χ0) is 10.5. The fraction of sp³-hybridized carbons (Fsp3) is 0.0769. The molecule has 0 saturated carbocycles. The van der Waals surface area contributed by atoms with Crippen LogP contribution in [0.5, 0.6) is 0 Å². The molecule has 1 aromatic carbocycles. The van der Waals surface area contributed by atoms with Crippen LogP contribution in [0.2, 0.25) is 0 Å². The molecule has 1 aromatic rings. The lowest BCUT2D eigenvalue weighted by atomic mass is 10.4. The van der Waals surface area contributed by atoms with Crippen molar-refractivity contribution in [3.63, 3.8) is 0 Å². The molecule has 0 radical (unpaired) electrons. The summed E-state index contributed by atoms with van der Waals surface area (Å²) in [6.45, 7) is 0. The van der Waals surface area contributed by atoms with Crippen LogP contribution in [0.4, 0.5) is 0 Å². The molecule has 0 heterocycles. The number of halogens is 1. The molecule has 0 bridgehead atoms. The van der Waals surface area contributed by atoms with Gasteiger partial charge in [0.05, 0.1) is 0 Å². The van der Waals surface area contributed by atoms with E-state index in [4.69, 9.17) is 11.2 Å². The molecule has 2 heteroatoms. The maximum atomic E-state index is 6.49.